The van der Waals surface area contributed by atoms with Crippen LogP contribution in [0.5, 0.6) is 0 Å². The summed E-state index contributed by atoms with van der Waals surface area (Å²) in [5, 5.41) is 0.485. The highest BCUT2D eigenvalue weighted by atomic mass is 35.5. The third-order valence-corrected chi connectivity index (χ3v) is 6.78. The van der Waals surface area contributed by atoms with Gasteiger partial charge in [0.15, 0.2) is 0 Å². The number of furan rings is 1. The molecule has 0 spiro atoms. The molecule has 0 unspecified atom stereocenters. The van der Waals surface area contributed by atoms with Crippen molar-refractivity contribution in [1.82, 2.24) is 9.21 Å². The van der Waals surface area contributed by atoms with Gasteiger partial charge in [0, 0.05) is 26.2 Å². The zero-order valence-corrected chi connectivity index (χ0v) is 15.7. The van der Waals surface area contributed by atoms with Crippen molar-refractivity contribution in [2.45, 2.75) is 11.8 Å². The first-order chi connectivity index (χ1) is 11.8. The van der Waals surface area contributed by atoms with Gasteiger partial charge in [-0.25, -0.2) is 8.42 Å². The van der Waals surface area contributed by atoms with Gasteiger partial charge in [-0.2, -0.15) is 4.31 Å². The number of hydrogen-bond acceptors (Lipinski definition) is 4. The van der Waals surface area contributed by atoms with E-state index < -0.39 is 10.0 Å². The first-order valence-corrected chi connectivity index (χ1v) is 9.79. The first kappa shape index (κ1) is 18.3. The number of carbonyl (C=O) groups excluding carboxylic acids is 1. The molecule has 1 saturated heterocycles. The van der Waals surface area contributed by atoms with Gasteiger partial charge in [0.2, 0.25) is 10.0 Å². The van der Waals surface area contributed by atoms with Crippen LogP contribution in [-0.2, 0) is 10.0 Å². The van der Waals surface area contributed by atoms with Crippen LogP contribution in [-0.4, -0.2) is 49.7 Å². The summed E-state index contributed by atoms with van der Waals surface area (Å²) in [4.78, 5) is 14.2. The molecule has 1 fully saturated rings. The fourth-order valence-corrected chi connectivity index (χ4v) is 4.51. The zero-order chi connectivity index (χ0) is 18.2. The number of nitrogens with zero attached hydrogens (tertiary/aromatic N) is 2. The molecular weight excluding hydrogens is 387 g/mol. The molecule has 2 heterocycles. The van der Waals surface area contributed by atoms with E-state index in [1.165, 1.54) is 28.8 Å². The van der Waals surface area contributed by atoms with Gasteiger partial charge in [-0.1, -0.05) is 23.2 Å². The lowest BCUT2D eigenvalue weighted by atomic mass is 10.2. The summed E-state index contributed by atoms with van der Waals surface area (Å²) >= 11 is 11.8. The smallest absolute Gasteiger partial charge is 0.257 e. The third-order valence-electron chi connectivity index (χ3n) is 4.14. The Morgan fingerprint density at radius 1 is 1.08 bits per heavy atom. The minimum atomic E-state index is -3.68. The maximum absolute atomic E-state index is 12.7. The largest absolute Gasteiger partial charge is 0.469 e. The normalized spacial score (nSPS) is 16.2. The Morgan fingerprint density at radius 3 is 2.32 bits per heavy atom. The van der Waals surface area contributed by atoms with Crippen molar-refractivity contribution < 1.29 is 17.6 Å². The maximum atomic E-state index is 12.7. The maximum Gasteiger partial charge on any atom is 0.257 e. The summed E-state index contributed by atoms with van der Waals surface area (Å²) in [6.07, 6.45) is 1.47. The number of amides is 1. The molecule has 9 heteroatoms. The average molecular weight is 403 g/mol. The van der Waals surface area contributed by atoms with Gasteiger partial charge >= 0.3 is 0 Å². The monoisotopic (exact) mass is 402 g/mol. The van der Waals surface area contributed by atoms with Gasteiger partial charge in [0.05, 0.1) is 26.8 Å². The minimum absolute atomic E-state index is 0.0901. The highest BCUT2D eigenvalue weighted by Gasteiger charge is 2.31. The van der Waals surface area contributed by atoms with E-state index in [0.29, 0.717) is 29.4 Å². The van der Waals surface area contributed by atoms with Crippen LogP contribution in [0.2, 0.25) is 10.0 Å². The van der Waals surface area contributed by atoms with Crippen molar-refractivity contribution >= 4 is 39.1 Å². The summed E-state index contributed by atoms with van der Waals surface area (Å²) in [7, 11) is -3.68. The number of carbonyl (C=O) groups is 1. The zero-order valence-electron chi connectivity index (χ0n) is 13.4. The molecule has 6 nitrogen and oxygen atoms in total. The summed E-state index contributed by atoms with van der Waals surface area (Å²) in [6, 6.07) is 5.84. The lowest BCUT2D eigenvalue weighted by Crippen LogP contribution is -2.50. The topological polar surface area (TPSA) is 70.8 Å². The lowest BCUT2D eigenvalue weighted by Gasteiger charge is -2.34. The molecule has 1 aromatic heterocycles. The Kier molecular flexibility index (Phi) is 5.11. The van der Waals surface area contributed by atoms with E-state index in [1.54, 1.807) is 17.9 Å². The van der Waals surface area contributed by atoms with Gasteiger partial charge in [-0.3, -0.25) is 4.79 Å². The third kappa shape index (κ3) is 3.55. The highest BCUT2D eigenvalue weighted by Crippen LogP contribution is 2.27. The Bertz CT molecular complexity index is 903. The Balaban J connectivity index is 1.72. The fraction of sp³-hybridized carbons (Fsp3) is 0.312. The van der Waals surface area contributed by atoms with Crippen molar-refractivity contribution in [3.8, 4) is 0 Å². The van der Waals surface area contributed by atoms with Gasteiger partial charge in [-0.15, -0.1) is 0 Å². The van der Waals surface area contributed by atoms with Crippen LogP contribution in [0, 0.1) is 6.92 Å². The molecule has 1 aliphatic rings. The second kappa shape index (κ2) is 6.99. The van der Waals surface area contributed by atoms with E-state index in [2.05, 4.69) is 0 Å². The molecule has 1 amide bonds. The molecule has 3 rings (SSSR count). The van der Waals surface area contributed by atoms with E-state index in [9.17, 15) is 13.2 Å². The van der Waals surface area contributed by atoms with Crippen LogP contribution < -0.4 is 0 Å². The Hall–Kier alpha value is -1.54. The van der Waals surface area contributed by atoms with Crippen molar-refractivity contribution in [2.75, 3.05) is 26.2 Å². The predicted octanol–water partition coefficient (Wildman–Crippen LogP) is 3.04. The van der Waals surface area contributed by atoms with Crippen LogP contribution in [0.3, 0.4) is 0 Å². The van der Waals surface area contributed by atoms with Gasteiger partial charge in [0.25, 0.3) is 5.91 Å². The van der Waals surface area contributed by atoms with E-state index >= 15 is 0 Å². The predicted molar refractivity (Wildman–Crippen MR) is 94.6 cm³/mol. The number of aryl methyl sites for hydroxylation is 1. The molecular formula is C16H16Cl2N2O4S. The van der Waals surface area contributed by atoms with Crippen molar-refractivity contribution in [2.24, 2.45) is 0 Å². The summed E-state index contributed by atoms with van der Waals surface area (Å²) in [5.74, 6) is 0.397. The van der Waals surface area contributed by atoms with Crippen LogP contribution in [0.25, 0.3) is 0 Å². The Morgan fingerprint density at radius 2 is 1.76 bits per heavy atom. The van der Waals surface area contributed by atoms with Crippen LogP contribution in [0.1, 0.15) is 16.1 Å². The molecule has 0 radical (unpaired) electrons. The summed E-state index contributed by atoms with van der Waals surface area (Å²) in [6.45, 7) is 2.77. The summed E-state index contributed by atoms with van der Waals surface area (Å²) in [5.41, 5.74) is 0.501. The molecule has 134 valence electrons. The lowest BCUT2D eigenvalue weighted by molar-refractivity contribution is 0.0696. The molecule has 1 aromatic carbocycles. The minimum Gasteiger partial charge on any atom is -0.469 e. The standard InChI is InChI=1S/C16H16Cl2N2O4S/c1-11-13(4-9-24-11)16(21)19-5-7-20(8-6-19)25(22,23)12-2-3-14(17)15(18)10-12/h2-4,9-10H,5-8H2,1H3. The quantitative estimate of drug-likeness (QED) is 0.790. The van der Waals surface area contributed by atoms with Crippen molar-refractivity contribution in [3.05, 3.63) is 51.9 Å². The number of sulfonamides is 1. The van der Waals surface area contributed by atoms with E-state index in [0.717, 1.165) is 0 Å². The number of piperazine rings is 1. The first-order valence-electron chi connectivity index (χ1n) is 7.59. The van der Waals surface area contributed by atoms with Crippen LogP contribution >= 0.6 is 23.2 Å². The molecule has 1 aliphatic heterocycles. The van der Waals surface area contributed by atoms with E-state index in [4.69, 9.17) is 27.6 Å². The van der Waals surface area contributed by atoms with E-state index in [-0.39, 0.29) is 28.9 Å². The molecule has 0 atom stereocenters. The SMILES string of the molecule is Cc1occc1C(=O)N1CCN(S(=O)(=O)c2ccc(Cl)c(Cl)c2)CC1. The number of benzene rings is 1. The molecule has 25 heavy (non-hydrogen) atoms. The second-order valence-corrected chi connectivity index (χ2v) is 8.41. The van der Waals surface area contributed by atoms with Gasteiger partial charge in [-0.05, 0) is 31.2 Å². The summed E-state index contributed by atoms with van der Waals surface area (Å²) < 4.78 is 31.9. The van der Waals surface area contributed by atoms with Crippen molar-refractivity contribution in [1.29, 1.82) is 0 Å². The molecule has 0 saturated carbocycles. The molecule has 0 aliphatic carbocycles. The van der Waals surface area contributed by atoms with E-state index in [1.807, 2.05) is 0 Å². The van der Waals surface area contributed by atoms with Crippen molar-refractivity contribution in [3.63, 3.8) is 0 Å². The second-order valence-electron chi connectivity index (χ2n) is 5.66. The van der Waals surface area contributed by atoms with Gasteiger partial charge < -0.3 is 9.32 Å². The number of halogens is 2. The molecule has 0 N–H and O–H groups in total. The molecule has 2 aromatic rings. The molecule has 0 bridgehead atoms. The number of rotatable bonds is 3. The fourth-order valence-electron chi connectivity index (χ4n) is 2.70. The number of hydrogen-bond donors (Lipinski definition) is 0. The average Bonchev–Trinajstić information content (AvgIpc) is 3.02. The highest BCUT2D eigenvalue weighted by molar-refractivity contribution is 7.89. The van der Waals surface area contributed by atoms with Crippen LogP contribution in [0.15, 0.2) is 39.8 Å². The van der Waals surface area contributed by atoms with Crippen LogP contribution in [0.4, 0.5) is 0 Å². The van der Waals surface area contributed by atoms with Gasteiger partial charge in [0.1, 0.15) is 5.76 Å². The Labute approximate surface area is 156 Å².